The molecule has 3 nitrogen and oxygen atoms in total. The van der Waals surface area contributed by atoms with Crippen molar-refractivity contribution in [3.8, 4) is 17.6 Å². The normalized spacial score (nSPS) is 16.3. The Labute approximate surface area is 88.2 Å². The third-order valence-corrected chi connectivity index (χ3v) is 3.18. The molecule has 15 heavy (non-hydrogen) atoms. The number of benzene rings is 1. The minimum atomic E-state index is 0.688. The Morgan fingerprint density at radius 3 is 2.47 bits per heavy atom. The first-order chi connectivity index (χ1) is 7.33. The first kappa shape index (κ1) is 8.60. The summed E-state index contributed by atoms with van der Waals surface area (Å²) in [4.78, 5) is 0. The van der Waals surface area contributed by atoms with Gasteiger partial charge in [0.2, 0.25) is 0 Å². The molecule has 0 fully saturated rings. The van der Waals surface area contributed by atoms with Crippen LogP contribution in [0, 0.1) is 18.3 Å². The summed E-state index contributed by atoms with van der Waals surface area (Å²) in [7, 11) is 0. The van der Waals surface area contributed by atoms with Crippen molar-refractivity contribution in [2.24, 2.45) is 0 Å². The lowest BCUT2D eigenvalue weighted by molar-refractivity contribution is 0.354. The lowest BCUT2D eigenvalue weighted by Crippen LogP contribution is -1.94. The number of nitrogens with zero attached hydrogens (tertiary/aromatic N) is 1. The standard InChI is InChI=1S/C12H11NO2/c1-7-8-2-4-15-12(8)10(6-13)9-3-5-14-11(7)9/h2-5H2,1H3. The quantitative estimate of drug-likeness (QED) is 0.642. The van der Waals surface area contributed by atoms with Gasteiger partial charge in [0.25, 0.3) is 0 Å². The maximum absolute atomic E-state index is 9.17. The average Bonchev–Trinajstić information content (AvgIpc) is 2.85. The van der Waals surface area contributed by atoms with Gasteiger partial charge >= 0.3 is 0 Å². The molecule has 0 unspecified atom stereocenters. The number of fused-ring (bicyclic) bond motifs is 2. The van der Waals surface area contributed by atoms with Gasteiger partial charge in [-0.1, -0.05) is 0 Å². The second-order valence-corrected chi connectivity index (χ2v) is 3.92. The van der Waals surface area contributed by atoms with Crippen LogP contribution >= 0.6 is 0 Å². The molecule has 0 bridgehead atoms. The summed E-state index contributed by atoms with van der Waals surface area (Å²) in [5.41, 5.74) is 4.05. The van der Waals surface area contributed by atoms with E-state index < -0.39 is 0 Å². The third-order valence-electron chi connectivity index (χ3n) is 3.18. The van der Waals surface area contributed by atoms with E-state index in [1.807, 2.05) is 0 Å². The molecule has 2 aliphatic heterocycles. The predicted octanol–water partition coefficient (Wildman–Crippen LogP) is 1.74. The van der Waals surface area contributed by atoms with E-state index in [0.29, 0.717) is 18.8 Å². The molecule has 0 N–H and O–H groups in total. The van der Waals surface area contributed by atoms with Crippen molar-refractivity contribution in [2.45, 2.75) is 19.8 Å². The minimum absolute atomic E-state index is 0.688. The Kier molecular flexibility index (Phi) is 1.66. The average molecular weight is 201 g/mol. The summed E-state index contributed by atoms with van der Waals surface area (Å²) < 4.78 is 11.1. The number of nitriles is 1. The van der Waals surface area contributed by atoms with Gasteiger partial charge in [-0.25, -0.2) is 0 Å². The van der Waals surface area contributed by atoms with Gasteiger partial charge in [-0.2, -0.15) is 5.26 Å². The summed E-state index contributed by atoms with van der Waals surface area (Å²) in [6.45, 7) is 3.43. The molecular weight excluding hydrogens is 190 g/mol. The fraction of sp³-hybridized carbons (Fsp3) is 0.417. The lowest BCUT2D eigenvalue weighted by Gasteiger charge is -2.10. The van der Waals surface area contributed by atoms with Gasteiger partial charge in [0.05, 0.1) is 13.2 Å². The van der Waals surface area contributed by atoms with Crippen molar-refractivity contribution in [1.82, 2.24) is 0 Å². The van der Waals surface area contributed by atoms with E-state index in [9.17, 15) is 5.26 Å². The Balaban J connectivity index is 2.37. The molecule has 0 amide bonds. The highest BCUT2D eigenvalue weighted by Crippen LogP contribution is 2.43. The van der Waals surface area contributed by atoms with Crippen molar-refractivity contribution in [2.75, 3.05) is 13.2 Å². The van der Waals surface area contributed by atoms with Crippen molar-refractivity contribution in [3.63, 3.8) is 0 Å². The van der Waals surface area contributed by atoms with Crippen LogP contribution in [0.1, 0.15) is 22.3 Å². The van der Waals surface area contributed by atoms with Crippen LogP contribution in [-0.2, 0) is 12.8 Å². The van der Waals surface area contributed by atoms with Crippen molar-refractivity contribution >= 4 is 0 Å². The van der Waals surface area contributed by atoms with Crippen molar-refractivity contribution < 1.29 is 9.47 Å². The van der Waals surface area contributed by atoms with Crippen LogP contribution in [0.5, 0.6) is 11.5 Å². The number of hydrogen-bond donors (Lipinski definition) is 0. The SMILES string of the molecule is Cc1c2c(c(C#N)c3c1OCC3)OCC2. The number of ether oxygens (including phenoxy) is 2. The Hall–Kier alpha value is -1.69. The Morgan fingerprint density at radius 1 is 1.07 bits per heavy atom. The molecule has 2 heterocycles. The lowest BCUT2D eigenvalue weighted by atomic mass is 9.96. The van der Waals surface area contributed by atoms with Crippen molar-refractivity contribution in [1.29, 1.82) is 5.26 Å². The minimum Gasteiger partial charge on any atom is -0.493 e. The zero-order valence-corrected chi connectivity index (χ0v) is 8.59. The van der Waals surface area contributed by atoms with Gasteiger partial charge in [-0.3, -0.25) is 0 Å². The molecule has 2 aliphatic rings. The molecule has 3 heteroatoms. The molecule has 76 valence electrons. The van der Waals surface area contributed by atoms with Gasteiger partial charge in [0.1, 0.15) is 23.1 Å². The second kappa shape index (κ2) is 2.90. The molecule has 0 aromatic heterocycles. The van der Waals surface area contributed by atoms with E-state index >= 15 is 0 Å². The van der Waals surface area contributed by atoms with Gasteiger partial charge in [-0.15, -0.1) is 0 Å². The zero-order valence-electron chi connectivity index (χ0n) is 8.59. The highest BCUT2D eigenvalue weighted by molar-refractivity contribution is 5.65. The molecule has 0 radical (unpaired) electrons. The first-order valence-electron chi connectivity index (χ1n) is 5.17. The van der Waals surface area contributed by atoms with Crippen molar-refractivity contribution in [3.05, 3.63) is 22.3 Å². The second-order valence-electron chi connectivity index (χ2n) is 3.92. The van der Waals surface area contributed by atoms with E-state index in [0.717, 1.165) is 41.0 Å². The molecule has 0 atom stereocenters. The molecule has 0 saturated carbocycles. The topological polar surface area (TPSA) is 42.2 Å². The van der Waals surface area contributed by atoms with Crippen LogP contribution < -0.4 is 9.47 Å². The summed E-state index contributed by atoms with van der Waals surface area (Å²) in [6, 6.07) is 2.25. The van der Waals surface area contributed by atoms with Gasteiger partial charge in [0, 0.05) is 24.0 Å². The number of rotatable bonds is 0. The monoisotopic (exact) mass is 201 g/mol. The highest BCUT2D eigenvalue weighted by Gasteiger charge is 2.29. The van der Waals surface area contributed by atoms with Crippen LogP contribution in [0.3, 0.4) is 0 Å². The molecular formula is C12H11NO2. The van der Waals surface area contributed by atoms with E-state index in [2.05, 4.69) is 13.0 Å². The highest BCUT2D eigenvalue weighted by atomic mass is 16.5. The molecule has 0 aliphatic carbocycles. The smallest absolute Gasteiger partial charge is 0.141 e. The third kappa shape index (κ3) is 0.992. The largest absolute Gasteiger partial charge is 0.493 e. The van der Waals surface area contributed by atoms with Crippen LogP contribution in [0.25, 0.3) is 0 Å². The summed E-state index contributed by atoms with van der Waals surface area (Å²) in [5.74, 6) is 1.73. The fourth-order valence-electron chi connectivity index (χ4n) is 2.46. The van der Waals surface area contributed by atoms with Crippen LogP contribution in [0.4, 0.5) is 0 Å². The molecule has 3 rings (SSSR count). The maximum atomic E-state index is 9.17. The zero-order chi connectivity index (χ0) is 10.4. The van der Waals surface area contributed by atoms with E-state index in [1.165, 1.54) is 0 Å². The molecule has 0 spiro atoms. The van der Waals surface area contributed by atoms with Gasteiger partial charge in [-0.05, 0) is 12.5 Å². The fourth-order valence-corrected chi connectivity index (χ4v) is 2.46. The summed E-state index contributed by atoms with van der Waals surface area (Å²) in [6.07, 6.45) is 1.72. The molecule has 0 saturated heterocycles. The van der Waals surface area contributed by atoms with Gasteiger partial charge in [0.15, 0.2) is 0 Å². The van der Waals surface area contributed by atoms with Crippen LogP contribution in [-0.4, -0.2) is 13.2 Å². The van der Waals surface area contributed by atoms with Crippen LogP contribution in [0.15, 0.2) is 0 Å². The van der Waals surface area contributed by atoms with E-state index in [-0.39, 0.29) is 0 Å². The Morgan fingerprint density at radius 2 is 1.73 bits per heavy atom. The van der Waals surface area contributed by atoms with E-state index in [4.69, 9.17) is 9.47 Å². The maximum Gasteiger partial charge on any atom is 0.141 e. The molecule has 1 aromatic rings. The van der Waals surface area contributed by atoms with Gasteiger partial charge < -0.3 is 9.47 Å². The summed E-state index contributed by atoms with van der Waals surface area (Å²) in [5, 5.41) is 9.17. The molecule has 1 aromatic carbocycles. The Bertz CT molecular complexity index is 450. The van der Waals surface area contributed by atoms with Crippen LogP contribution in [0.2, 0.25) is 0 Å². The number of hydrogen-bond acceptors (Lipinski definition) is 3. The summed E-state index contributed by atoms with van der Waals surface area (Å²) >= 11 is 0. The first-order valence-corrected chi connectivity index (χ1v) is 5.17. The predicted molar refractivity (Wildman–Crippen MR) is 54.3 cm³/mol. The van der Waals surface area contributed by atoms with E-state index in [1.54, 1.807) is 0 Å².